The quantitative estimate of drug-likeness (QED) is 0.676. The number of fused-ring (bicyclic) bond motifs is 1. The van der Waals surface area contributed by atoms with Crippen LogP contribution in [-0.4, -0.2) is 72.5 Å². The first kappa shape index (κ1) is 19.6. The molecule has 4 rings (SSSR count). The van der Waals surface area contributed by atoms with Gasteiger partial charge in [-0.3, -0.25) is 19.3 Å². The van der Waals surface area contributed by atoms with E-state index < -0.39 is 0 Å². The number of likely N-dealkylation sites (tertiary alicyclic amines) is 2. The van der Waals surface area contributed by atoms with Crippen molar-refractivity contribution in [2.45, 2.75) is 50.7 Å². The number of nitrogens with zero attached hydrogens (tertiary/aromatic N) is 2. The third-order valence-electron chi connectivity index (χ3n) is 6.04. The molecule has 0 spiro atoms. The molecule has 1 aliphatic carbocycles. The molecule has 3 aliphatic heterocycles. The average molecular weight is 386 g/mol. The van der Waals surface area contributed by atoms with Crippen molar-refractivity contribution in [1.29, 1.82) is 0 Å². The number of imide groups is 1. The Morgan fingerprint density at radius 2 is 1.77 bits per heavy atom. The summed E-state index contributed by atoms with van der Waals surface area (Å²) in [7, 11) is 0. The van der Waals surface area contributed by atoms with Gasteiger partial charge in [-0.15, -0.1) is 12.4 Å². The molecule has 7 nitrogen and oxygen atoms in total. The second-order valence-electron chi connectivity index (χ2n) is 7.77. The van der Waals surface area contributed by atoms with E-state index >= 15 is 0 Å². The lowest BCUT2D eigenvalue weighted by Crippen LogP contribution is -2.42. The SMILES string of the molecule is Cl.O=C(NC1C2CN(CCCN3C(=O)CCCC3=O)CC21)C1CCCO1. The van der Waals surface area contributed by atoms with Gasteiger partial charge in [-0.05, 0) is 44.1 Å². The maximum atomic E-state index is 12.1. The number of carbonyl (C=O) groups is 3. The number of rotatable bonds is 6. The molecular weight excluding hydrogens is 358 g/mol. The first-order valence-corrected chi connectivity index (χ1v) is 9.61. The largest absolute Gasteiger partial charge is 0.368 e. The van der Waals surface area contributed by atoms with E-state index in [2.05, 4.69) is 10.2 Å². The van der Waals surface area contributed by atoms with Crippen molar-refractivity contribution in [3.63, 3.8) is 0 Å². The topological polar surface area (TPSA) is 79.0 Å². The second-order valence-corrected chi connectivity index (χ2v) is 7.77. The molecule has 3 amide bonds. The van der Waals surface area contributed by atoms with Crippen molar-refractivity contribution in [1.82, 2.24) is 15.1 Å². The molecule has 8 heteroatoms. The molecule has 1 N–H and O–H groups in total. The Labute approximate surface area is 160 Å². The van der Waals surface area contributed by atoms with Gasteiger partial charge in [0.2, 0.25) is 17.7 Å². The van der Waals surface area contributed by atoms with Crippen LogP contribution >= 0.6 is 12.4 Å². The predicted octanol–water partition coefficient (Wildman–Crippen LogP) is 0.563. The van der Waals surface area contributed by atoms with E-state index in [0.29, 0.717) is 50.3 Å². The molecule has 3 saturated heterocycles. The summed E-state index contributed by atoms with van der Waals surface area (Å²) in [5.41, 5.74) is 0. The second kappa shape index (κ2) is 8.23. The number of amides is 3. The number of nitrogens with one attached hydrogen (secondary N) is 1. The highest BCUT2D eigenvalue weighted by Crippen LogP contribution is 2.45. The van der Waals surface area contributed by atoms with Gasteiger partial charge >= 0.3 is 0 Å². The van der Waals surface area contributed by atoms with Gasteiger partial charge < -0.3 is 15.0 Å². The van der Waals surface area contributed by atoms with Crippen LogP contribution in [0.5, 0.6) is 0 Å². The van der Waals surface area contributed by atoms with Crippen LogP contribution in [0, 0.1) is 11.8 Å². The molecule has 26 heavy (non-hydrogen) atoms. The highest BCUT2D eigenvalue weighted by atomic mass is 35.5. The van der Waals surface area contributed by atoms with Crippen molar-refractivity contribution in [2.24, 2.45) is 11.8 Å². The fourth-order valence-corrected chi connectivity index (χ4v) is 4.55. The predicted molar refractivity (Wildman–Crippen MR) is 96.8 cm³/mol. The normalized spacial score (nSPS) is 33.8. The van der Waals surface area contributed by atoms with Crippen LogP contribution in [0.2, 0.25) is 0 Å². The van der Waals surface area contributed by atoms with Crippen LogP contribution in [-0.2, 0) is 19.1 Å². The van der Waals surface area contributed by atoms with Crippen LogP contribution in [0.4, 0.5) is 0 Å². The average Bonchev–Trinajstić information content (AvgIpc) is 3.04. The Morgan fingerprint density at radius 3 is 2.38 bits per heavy atom. The molecule has 3 atom stereocenters. The van der Waals surface area contributed by atoms with E-state index in [4.69, 9.17) is 4.74 Å². The first-order valence-electron chi connectivity index (χ1n) is 9.61. The fraction of sp³-hybridized carbons (Fsp3) is 0.833. The van der Waals surface area contributed by atoms with Crippen molar-refractivity contribution >= 4 is 30.1 Å². The van der Waals surface area contributed by atoms with Crippen molar-refractivity contribution in [3.8, 4) is 0 Å². The third kappa shape index (κ3) is 4.05. The summed E-state index contributed by atoms with van der Waals surface area (Å²) >= 11 is 0. The Hall–Kier alpha value is -1.18. The summed E-state index contributed by atoms with van der Waals surface area (Å²) in [4.78, 5) is 39.5. The molecule has 146 valence electrons. The van der Waals surface area contributed by atoms with Gasteiger partial charge in [0.1, 0.15) is 6.10 Å². The lowest BCUT2D eigenvalue weighted by Gasteiger charge is -2.26. The van der Waals surface area contributed by atoms with Crippen molar-refractivity contribution in [2.75, 3.05) is 32.8 Å². The maximum absolute atomic E-state index is 12.1. The van der Waals surface area contributed by atoms with E-state index in [0.717, 1.165) is 38.9 Å². The van der Waals surface area contributed by atoms with Gasteiger partial charge in [-0.25, -0.2) is 0 Å². The number of hydrogen-bond donors (Lipinski definition) is 1. The molecule has 0 bridgehead atoms. The standard InChI is InChI=1S/C18H27N3O4.ClH/c22-15-5-1-6-16(23)21(15)8-3-7-20-10-12-13(11-20)17(12)19-18(24)14-4-2-9-25-14;/h12-14,17H,1-11H2,(H,19,24);1H. The van der Waals surface area contributed by atoms with E-state index in [-0.39, 0.29) is 36.2 Å². The lowest BCUT2D eigenvalue weighted by atomic mass is 10.1. The Bertz CT molecular complexity index is 539. The molecule has 0 aromatic heterocycles. The van der Waals surface area contributed by atoms with Crippen LogP contribution in [0.25, 0.3) is 0 Å². The third-order valence-corrected chi connectivity index (χ3v) is 6.04. The minimum Gasteiger partial charge on any atom is -0.368 e. The number of halogens is 1. The van der Waals surface area contributed by atoms with Crippen LogP contribution in [0.3, 0.4) is 0 Å². The van der Waals surface area contributed by atoms with E-state index in [1.165, 1.54) is 4.90 Å². The zero-order chi connectivity index (χ0) is 17.4. The number of piperidine rings is 2. The Kier molecular flexibility index (Phi) is 6.20. The van der Waals surface area contributed by atoms with Gasteiger partial charge in [0, 0.05) is 45.1 Å². The van der Waals surface area contributed by atoms with Gasteiger partial charge in [0.05, 0.1) is 0 Å². The lowest BCUT2D eigenvalue weighted by molar-refractivity contribution is -0.148. The minimum absolute atomic E-state index is 0. The molecule has 1 saturated carbocycles. The maximum Gasteiger partial charge on any atom is 0.249 e. The summed E-state index contributed by atoms with van der Waals surface area (Å²) in [5, 5.41) is 3.15. The zero-order valence-electron chi connectivity index (χ0n) is 15.0. The van der Waals surface area contributed by atoms with Crippen LogP contribution in [0.1, 0.15) is 38.5 Å². The van der Waals surface area contributed by atoms with Crippen LogP contribution < -0.4 is 5.32 Å². The molecule has 0 aromatic carbocycles. The number of carbonyl (C=O) groups excluding carboxylic acids is 3. The molecule has 3 heterocycles. The summed E-state index contributed by atoms with van der Waals surface area (Å²) in [6, 6.07) is 0.318. The fourth-order valence-electron chi connectivity index (χ4n) is 4.55. The zero-order valence-corrected chi connectivity index (χ0v) is 15.8. The summed E-state index contributed by atoms with van der Waals surface area (Å²) in [5.74, 6) is 1.15. The molecule has 0 radical (unpaired) electrons. The van der Waals surface area contributed by atoms with Gasteiger partial charge in [0.15, 0.2) is 0 Å². The van der Waals surface area contributed by atoms with Crippen molar-refractivity contribution < 1.29 is 19.1 Å². The molecular formula is C18H28ClN3O4. The van der Waals surface area contributed by atoms with Crippen LogP contribution in [0.15, 0.2) is 0 Å². The molecule has 4 fully saturated rings. The molecule has 3 unspecified atom stereocenters. The van der Waals surface area contributed by atoms with E-state index in [1.807, 2.05) is 0 Å². The Morgan fingerprint density at radius 1 is 1.08 bits per heavy atom. The van der Waals surface area contributed by atoms with Gasteiger partial charge in [0.25, 0.3) is 0 Å². The smallest absolute Gasteiger partial charge is 0.249 e. The highest BCUT2D eigenvalue weighted by Gasteiger charge is 2.56. The Balaban J connectivity index is 0.00000196. The monoisotopic (exact) mass is 385 g/mol. The molecule has 0 aromatic rings. The van der Waals surface area contributed by atoms with Gasteiger partial charge in [-0.1, -0.05) is 0 Å². The molecule has 4 aliphatic rings. The first-order chi connectivity index (χ1) is 12.1. The van der Waals surface area contributed by atoms with Crippen molar-refractivity contribution in [3.05, 3.63) is 0 Å². The number of hydrogen-bond acceptors (Lipinski definition) is 5. The number of ether oxygens (including phenoxy) is 1. The minimum atomic E-state index is -0.239. The highest BCUT2D eigenvalue weighted by molar-refractivity contribution is 5.97. The van der Waals surface area contributed by atoms with Gasteiger partial charge in [-0.2, -0.15) is 0 Å². The summed E-state index contributed by atoms with van der Waals surface area (Å²) < 4.78 is 5.43. The van der Waals surface area contributed by atoms with E-state index in [1.54, 1.807) is 0 Å². The summed E-state index contributed by atoms with van der Waals surface area (Å²) in [6.07, 6.45) is 4.13. The summed E-state index contributed by atoms with van der Waals surface area (Å²) in [6.45, 7) is 4.16. The van der Waals surface area contributed by atoms with E-state index in [9.17, 15) is 14.4 Å².